The van der Waals surface area contributed by atoms with Gasteiger partial charge in [-0.3, -0.25) is 0 Å². The van der Waals surface area contributed by atoms with Crippen LogP contribution in [0.1, 0.15) is 18.7 Å². The molecule has 4 rings (SSSR count). The van der Waals surface area contributed by atoms with E-state index in [1.807, 2.05) is 6.92 Å². The molecule has 4 heterocycles. The van der Waals surface area contributed by atoms with Crippen LogP contribution in [0.4, 0.5) is 16.2 Å². The van der Waals surface area contributed by atoms with Gasteiger partial charge >= 0.3 is 6.03 Å². The van der Waals surface area contributed by atoms with E-state index >= 15 is 0 Å². The Hall–Kier alpha value is -3.28. The summed E-state index contributed by atoms with van der Waals surface area (Å²) in [6.45, 7) is 1.82. The molecule has 0 aliphatic carbocycles. The lowest BCUT2D eigenvalue weighted by Crippen LogP contribution is -2.22. The van der Waals surface area contributed by atoms with E-state index in [-0.39, 0.29) is 10.2 Å². The molecule has 0 aliphatic rings. The van der Waals surface area contributed by atoms with Gasteiger partial charge in [-0.2, -0.15) is 15.3 Å². The van der Waals surface area contributed by atoms with Crippen molar-refractivity contribution in [1.29, 1.82) is 0 Å². The number of carbonyl (C=O) groups excluding carboxylic acids is 1. The monoisotopic (exact) mass is 447 g/mol. The molecule has 0 radical (unpaired) electrons. The third-order valence-corrected chi connectivity index (χ3v) is 4.63. The molecule has 0 fully saturated rings. The van der Waals surface area contributed by atoms with Gasteiger partial charge in [0.1, 0.15) is 0 Å². The standard InChI is InChI=1S/C17H15Cl2N9O2/c1-9(30-2)15-12(8-20-14-6-13(19)26-27(14)15)25-17(29)24-10-5-11(18)16(21-7-10)28-22-3-4-23-28/h3-9H,1-2H3,(H2,24,25,29)/t9-/m0/s1. The van der Waals surface area contributed by atoms with Crippen LogP contribution in [-0.4, -0.2) is 47.7 Å². The summed E-state index contributed by atoms with van der Waals surface area (Å²) in [4.78, 5) is 22.3. The zero-order valence-electron chi connectivity index (χ0n) is 15.7. The molecule has 0 aromatic carbocycles. The number of anilines is 2. The number of aromatic nitrogens is 7. The number of fused-ring (bicyclic) bond motifs is 1. The Morgan fingerprint density at radius 1 is 1.13 bits per heavy atom. The number of ether oxygens (including phenoxy) is 1. The molecule has 1 atom stereocenters. The van der Waals surface area contributed by atoms with Gasteiger partial charge in [0, 0.05) is 13.2 Å². The number of nitrogens with one attached hydrogen (secondary N) is 2. The first-order valence-electron chi connectivity index (χ1n) is 8.63. The second kappa shape index (κ2) is 8.22. The molecule has 4 aromatic heterocycles. The zero-order valence-corrected chi connectivity index (χ0v) is 17.3. The Kier molecular flexibility index (Phi) is 5.48. The van der Waals surface area contributed by atoms with Gasteiger partial charge in [-0.15, -0.1) is 4.80 Å². The van der Waals surface area contributed by atoms with Crippen LogP contribution >= 0.6 is 23.2 Å². The summed E-state index contributed by atoms with van der Waals surface area (Å²) in [7, 11) is 1.55. The second-order valence-corrected chi connectivity index (χ2v) is 6.89. The second-order valence-electron chi connectivity index (χ2n) is 6.10. The number of hydrogen-bond acceptors (Lipinski definition) is 7. The van der Waals surface area contributed by atoms with Crippen LogP contribution < -0.4 is 10.6 Å². The molecule has 0 bridgehead atoms. The van der Waals surface area contributed by atoms with E-state index < -0.39 is 12.1 Å². The fraction of sp³-hybridized carbons (Fsp3) is 0.176. The summed E-state index contributed by atoms with van der Waals surface area (Å²) < 4.78 is 6.94. The lowest BCUT2D eigenvalue weighted by Gasteiger charge is -2.17. The molecule has 0 saturated heterocycles. The first kappa shape index (κ1) is 20.0. The Balaban J connectivity index is 1.57. The Morgan fingerprint density at radius 2 is 1.90 bits per heavy atom. The van der Waals surface area contributed by atoms with Crippen molar-refractivity contribution in [2.24, 2.45) is 0 Å². The van der Waals surface area contributed by atoms with E-state index in [1.165, 1.54) is 34.1 Å². The highest BCUT2D eigenvalue weighted by Crippen LogP contribution is 2.27. The predicted molar refractivity (Wildman–Crippen MR) is 110 cm³/mol. The highest BCUT2D eigenvalue weighted by atomic mass is 35.5. The Labute approximate surface area is 180 Å². The minimum Gasteiger partial charge on any atom is -0.375 e. The molecule has 11 nitrogen and oxygen atoms in total. The molecule has 154 valence electrons. The third-order valence-electron chi connectivity index (χ3n) is 4.17. The Bertz CT molecular complexity index is 1210. The maximum absolute atomic E-state index is 12.6. The van der Waals surface area contributed by atoms with Crippen molar-refractivity contribution in [3.05, 3.63) is 52.8 Å². The highest BCUT2D eigenvalue weighted by Gasteiger charge is 2.19. The van der Waals surface area contributed by atoms with Gasteiger partial charge in [0.15, 0.2) is 16.6 Å². The third kappa shape index (κ3) is 3.90. The van der Waals surface area contributed by atoms with Gasteiger partial charge in [0.05, 0.1) is 53.0 Å². The molecule has 13 heteroatoms. The lowest BCUT2D eigenvalue weighted by molar-refractivity contribution is 0.114. The van der Waals surface area contributed by atoms with Gasteiger partial charge in [-0.1, -0.05) is 23.2 Å². The summed E-state index contributed by atoms with van der Waals surface area (Å²) in [6, 6.07) is 2.63. The molecule has 0 unspecified atom stereocenters. The summed E-state index contributed by atoms with van der Waals surface area (Å²) in [5, 5.41) is 18.1. The van der Waals surface area contributed by atoms with E-state index in [4.69, 9.17) is 27.9 Å². The molecule has 2 amide bonds. The largest absolute Gasteiger partial charge is 0.375 e. The SMILES string of the molecule is CO[C@@H](C)c1c(NC(=O)Nc2cnc(-n3nccn3)c(Cl)c2)cnc2cc(Cl)nn12. The van der Waals surface area contributed by atoms with Gasteiger partial charge in [-0.05, 0) is 13.0 Å². The smallest absolute Gasteiger partial charge is 0.323 e. The number of pyridine rings is 1. The van der Waals surface area contributed by atoms with Gasteiger partial charge in [0.2, 0.25) is 0 Å². The molecule has 30 heavy (non-hydrogen) atoms. The van der Waals surface area contributed by atoms with Crippen LogP contribution in [0.15, 0.2) is 36.9 Å². The maximum Gasteiger partial charge on any atom is 0.323 e. The summed E-state index contributed by atoms with van der Waals surface area (Å²) in [6.07, 6.45) is 5.58. The number of rotatable bonds is 5. The molecule has 0 aliphatic heterocycles. The van der Waals surface area contributed by atoms with Crippen molar-refractivity contribution in [3.63, 3.8) is 0 Å². The molecular weight excluding hydrogens is 433 g/mol. The van der Waals surface area contributed by atoms with E-state index in [1.54, 1.807) is 19.2 Å². The van der Waals surface area contributed by atoms with Crippen molar-refractivity contribution in [2.45, 2.75) is 13.0 Å². The number of halogens is 2. The van der Waals surface area contributed by atoms with E-state index in [2.05, 4.69) is 35.9 Å². The summed E-state index contributed by atoms with van der Waals surface area (Å²) >= 11 is 12.2. The maximum atomic E-state index is 12.6. The zero-order chi connectivity index (χ0) is 21.3. The van der Waals surface area contributed by atoms with Gasteiger partial charge in [0.25, 0.3) is 0 Å². The molecule has 0 spiro atoms. The average Bonchev–Trinajstić information content (AvgIpc) is 3.36. The van der Waals surface area contributed by atoms with Gasteiger partial charge < -0.3 is 15.4 Å². The first-order chi connectivity index (χ1) is 14.5. The molecule has 4 aromatic rings. The van der Waals surface area contributed by atoms with Crippen LogP contribution in [-0.2, 0) is 4.74 Å². The number of hydrogen-bond donors (Lipinski definition) is 2. The van der Waals surface area contributed by atoms with Crippen molar-refractivity contribution < 1.29 is 9.53 Å². The van der Waals surface area contributed by atoms with Crippen molar-refractivity contribution in [3.8, 4) is 5.82 Å². The quantitative estimate of drug-likeness (QED) is 0.480. The topological polar surface area (TPSA) is 124 Å². The normalized spacial score (nSPS) is 12.1. The van der Waals surface area contributed by atoms with Crippen molar-refractivity contribution in [2.75, 3.05) is 17.7 Å². The molecule has 2 N–H and O–H groups in total. The minimum atomic E-state index is -0.526. The van der Waals surface area contributed by atoms with Crippen LogP contribution in [0.3, 0.4) is 0 Å². The average molecular weight is 448 g/mol. The Morgan fingerprint density at radius 3 is 2.60 bits per heavy atom. The van der Waals surface area contributed by atoms with Crippen molar-refractivity contribution >= 4 is 46.3 Å². The lowest BCUT2D eigenvalue weighted by atomic mass is 10.2. The van der Waals surface area contributed by atoms with Crippen molar-refractivity contribution in [1.82, 2.24) is 34.6 Å². The number of amides is 2. The van der Waals surface area contributed by atoms with Crippen LogP contribution in [0.25, 0.3) is 11.5 Å². The number of methoxy groups -OCH3 is 1. The molecular formula is C17H15Cl2N9O2. The van der Waals surface area contributed by atoms with Gasteiger partial charge in [-0.25, -0.2) is 19.3 Å². The summed E-state index contributed by atoms with van der Waals surface area (Å²) in [5.41, 5.74) is 1.90. The number of urea groups is 1. The van der Waals surface area contributed by atoms with Crippen LogP contribution in [0, 0.1) is 0 Å². The minimum absolute atomic E-state index is 0.270. The number of carbonyl (C=O) groups is 1. The first-order valence-corrected chi connectivity index (χ1v) is 9.39. The van der Waals surface area contributed by atoms with E-state index in [9.17, 15) is 4.79 Å². The highest BCUT2D eigenvalue weighted by molar-refractivity contribution is 6.32. The van der Waals surface area contributed by atoms with E-state index in [0.29, 0.717) is 28.5 Å². The fourth-order valence-corrected chi connectivity index (χ4v) is 3.19. The fourth-order valence-electron chi connectivity index (χ4n) is 2.78. The van der Waals surface area contributed by atoms with E-state index in [0.717, 1.165) is 0 Å². The number of nitrogens with zero attached hydrogens (tertiary/aromatic N) is 7. The predicted octanol–water partition coefficient (Wildman–Crippen LogP) is 3.36. The van der Waals surface area contributed by atoms with Crippen LogP contribution in [0.2, 0.25) is 10.2 Å². The van der Waals surface area contributed by atoms with Crippen LogP contribution in [0.5, 0.6) is 0 Å². The summed E-state index contributed by atoms with van der Waals surface area (Å²) in [5.74, 6) is 0.342. The molecule has 0 saturated carbocycles.